The van der Waals surface area contributed by atoms with Crippen LogP contribution in [0.3, 0.4) is 0 Å². The van der Waals surface area contributed by atoms with Gasteiger partial charge in [-0.25, -0.2) is 4.79 Å². The Bertz CT molecular complexity index is 705. The van der Waals surface area contributed by atoms with Crippen LogP contribution in [-0.2, 0) is 22.5 Å². The molecule has 0 saturated carbocycles. The van der Waals surface area contributed by atoms with Gasteiger partial charge in [-0.05, 0) is 38.8 Å². The van der Waals surface area contributed by atoms with E-state index in [1.54, 1.807) is 6.07 Å². The zero-order valence-corrected chi connectivity index (χ0v) is 14.5. The summed E-state index contributed by atoms with van der Waals surface area (Å²) in [6.45, 7) is 6.91. The minimum Gasteiger partial charge on any atom is -0.452 e. The predicted octanol–water partition coefficient (Wildman–Crippen LogP) is 2.64. The van der Waals surface area contributed by atoms with Crippen molar-refractivity contribution >= 4 is 11.9 Å². The number of aromatic nitrogens is 1. The molecule has 5 heteroatoms. The van der Waals surface area contributed by atoms with Crippen LogP contribution in [0, 0.1) is 13.8 Å². The molecule has 0 aliphatic carbocycles. The van der Waals surface area contributed by atoms with E-state index in [1.165, 1.54) is 0 Å². The number of carbonyl (C=O) groups is 2. The molecule has 0 bridgehead atoms. The van der Waals surface area contributed by atoms with Gasteiger partial charge in [0.2, 0.25) is 0 Å². The average molecular weight is 328 g/mol. The van der Waals surface area contributed by atoms with Gasteiger partial charge in [0.05, 0.1) is 5.56 Å². The topological polar surface area (TPSA) is 60.3 Å². The molecule has 1 amide bonds. The van der Waals surface area contributed by atoms with Crippen LogP contribution in [0.5, 0.6) is 0 Å². The van der Waals surface area contributed by atoms with Crippen molar-refractivity contribution < 1.29 is 14.3 Å². The maximum absolute atomic E-state index is 12.1. The molecule has 0 spiro atoms. The summed E-state index contributed by atoms with van der Waals surface area (Å²) in [5, 5.41) is 2.76. The number of esters is 1. The molecule has 1 heterocycles. The average Bonchev–Trinajstić information content (AvgIpc) is 2.87. The second-order valence-electron chi connectivity index (χ2n) is 5.69. The monoisotopic (exact) mass is 328 g/mol. The summed E-state index contributed by atoms with van der Waals surface area (Å²) in [6, 6.07) is 11.7. The predicted molar refractivity (Wildman–Crippen MR) is 93.0 cm³/mol. The van der Waals surface area contributed by atoms with E-state index in [0.29, 0.717) is 12.1 Å². The summed E-state index contributed by atoms with van der Waals surface area (Å²) in [4.78, 5) is 23.9. The summed E-state index contributed by atoms with van der Waals surface area (Å²) in [5.41, 5.74) is 3.55. The normalized spacial score (nSPS) is 10.5. The molecule has 0 unspecified atom stereocenters. The van der Waals surface area contributed by atoms with Crippen LogP contribution >= 0.6 is 0 Å². The third-order valence-electron chi connectivity index (χ3n) is 4.02. The zero-order chi connectivity index (χ0) is 17.5. The Morgan fingerprint density at radius 2 is 1.88 bits per heavy atom. The minimum atomic E-state index is -0.457. The van der Waals surface area contributed by atoms with Gasteiger partial charge in [-0.1, -0.05) is 30.3 Å². The number of benzene rings is 1. The second kappa shape index (κ2) is 8.34. The van der Waals surface area contributed by atoms with Gasteiger partial charge in [-0.15, -0.1) is 0 Å². The van der Waals surface area contributed by atoms with Crippen LogP contribution in [-0.4, -0.2) is 29.6 Å². The summed E-state index contributed by atoms with van der Waals surface area (Å²) < 4.78 is 7.16. The maximum Gasteiger partial charge on any atom is 0.340 e. The van der Waals surface area contributed by atoms with Gasteiger partial charge in [0.15, 0.2) is 6.61 Å². The van der Waals surface area contributed by atoms with E-state index in [2.05, 4.69) is 5.32 Å². The molecule has 0 fully saturated rings. The lowest BCUT2D eigenvalue weighted by Gasteiger charge is -2.08. The Kier molecular flexibility index (Phi) is 6.18. The third kappa shape index (κ3) is 4.47. The summed E-state index contributed by atoms with van der Waals surface area (Å²) >= 11 is 0. The molecule has 0 radical (unpaired) electrons. The van der Waals surface area contributed by atoms with E-state index < -0.39 is 5.97 Å². The maximum atomic E-state index is 12.1. The molecule has 1 N–H and O–H groups in total. The summed E-state index contributed by atoms with van der Waals surface area (Å²) in [7, 11) is 0. The molecule has 0 aliphatic heterocycles. The lowest BCUT2D eigenvalue weighted by Crippen LogP contribution is -2.30. The Morgan fingerprint density at radius 3 is 2.50 bits per heavy atom. The van der Waals surface area contributed by atoms with Crippen molar-refractivity contribution in [2.45, 2.75) is 33.7 Å². The first-order chi connectivity index (χ1) is 11.5. The van der Waals surface area contributed by atoms with Crippen molar-refractivity contribution in [3.8, 4) is 0 Å². The molecular formula is C19H24N2O3. The molecule has 0 atom stereocenters. The number of ether oxygens (including phenoxy) is 1. The van der Waals surface area contributed by atoms with Crippen molar-refractivity contribution in [1.82, 2.24) is 9.88 Å². The molecule has 128 valence electrons. The molecule has 2 rings (SSSR count). The standard InChI is InChI=1S/C19H24N2O3/c1-4-21-14(2)12-17(15(21)3)19(23)24-13-18(22)20-11-10-16-8-6-5-7-9-16/h5-9,12H,4,10-11,13H2,1-3H3,(H,20,22). The van der Waals surface area contributed by atoms with Crippen LogP contribution in [0.15, 0.2) is 36.4 Å². The molecule has 0 aliphatic rings. The first kappa shape index (κ1) is 17.8. The lowest BCUT2D eigenvalue weighted by atomic mass is 10.1. The van der Waals surface area contributed by atoms with Gasteiger partial charge in [0.1, 0.15) is 0 Å². The molecule has 2 aromatic rings. The molecule has 24 heavy (non-hydrogen) atoms. The van der Waals surface area contributed by atoms with E-state index in [9.17, 15) is 9.59 Å². The molecule has 5 nitrogen and oxygen atoms in total. The number of aryl methyl sites for hydroxylation is 1. The highest BCUT2D eigenvalue weighted by molar-refractivity contribution is 5.92. The SMILES string of the molecule is CCn1c(C)cc(C(=O)OCC(=O)NCCc2ccccc2)c1C. The Balaban J connectivity index is 1.78. The van der Waals surface area contributed by atoms with Gasteiger partial charge in [0.25, 0.3) is 5.91 Å². The Morgan fingerprint density at radius 1 is 1.17 bits per heavy atom. The number of nitrogens with zero attached hydrogens (tertiary/aromatic N) is 1. The van der Waals surface area contributed by atoms with Gasteiger partial charge in [-0.3, -0.25) is 4.79 Å². The summed E-state index contributed by atoms with van der Waals surface area (Å²) in [6.07, 6.45) is 0.748. The first-order valence-corrected chi connectivity index (χ1v) is 8.17. The molecule has 0 saturated heterocycles. The van der Waals surface area contributed by atoms with E-state index in [1.807, 2.05) is 55.7 Å². The number of hydrogen-bond acceptors (Lipinski definition) is 3. The first-order valence-electron chi connectivity index (χ1n) is 8.17. The largest absolute Gasteiger partial charge is 0.452 e. The van der Waals surface area contributed by atoms with Crippen LogP contribution in [0.1, 0.15) is 34.2 Å². The van der Waals surface area contributed by atoms with Gasteiger partial charge >= 0.3 is 5.97 Å². The zero-order valence-electron chi connectivity index (χ0n) is 14.5. The van der Waals surface area contributed by atoms with Crippen molar-refractivity contribution in [3.05, 3.63) is 58.9 Å². The number of amides is 1. The number of carbonyl (C=O) groups excluding carboxylic acids is 2. The van der Waals surface area contributed by atoms with Crippen molar-refractivity contribution in [2.75, 3.05) is 13.2 Å². The van der Waals surface area contributed by atoms with E-state index >= 15 is 0 Å². The van der Waals surface area contributed by atoms with E-state index in [4.69, 9.17) is 4.74 Å². The van der Waals surface area contributed by atoms with Gasteiger partial charge in [0, 0.05) is 24.5 Å². The fourth-order valence-corrected chi connectivity index (χ4v) is 2.75. The fraction of sp³-hybridized carbons (Fsp3) is 0.368. The Hall–Kier alpha value is -2.56. The van der Waals surface area contributed by atoms with Gasteiger partial charge in [-0.2, -0.15) is 0 Å². The highest BCUT2D eigenvalue weighted by atomic mass is 16.5. The quantitative estimate of drug-likeness (QED) is 0.795. The highest BCUT2D eigenvalue weighted by Crippen LogP contribution is 2.15. The van der Waals surface area contributed by atoms with Crippen LogP contribution < -0.4 is 5.32 Å². The number of hydrogen-bond donors (Lipinski definition) is 1. The third-order valence-corrected chi connectivity index (χ3v) is 4.02. The van der Waals surface area contributed by atoms with Crippen LogP contribution in [0.4, 0.5) is 0 Å². The highest BCUT2D eigenvalue weighted by Gasteiger charge is 2.17. The summed E-state index contributed by atoms with van der Waals surface area (Å²) in [5.74, 6) is -0.746. The fourth-order valence-electron chi connectivity index (χ4n) is 2.75. The smallest absolute Gasteiger partial charge is 0.340 e. The van der Waals surface area contributed by atoms with E-state index in [0.717, 1.165) is 29.9 Å². The molecular weight excluding hydrogens is 304 g/mol. The van der Waals surface area contributed by atoms with Crippen molar-refractivity contribution in [1.29, 1.82) is 0 Å². The van der Waals surface area contributed by atoms with Crippen LogP contribution in [0.25, 0.3) is 0 Å². The van der Waals surface area contributed by atoms with E-state index in [-0.39, 0.29) is 12.5 Å². The lowest BCUT2D eigenvalue weighted by molar-refractivity contribution is -0.124. The number of rotatable bonds is 7. The van der Waals surface area contributed by atoms with Crippen molar-refractivity contribution in [3.63, 3.8) is 0 Å². The number of nitrogens with one attached hydrogen (secondary N) is 1. The van der Waals surface area contributed by atoms with Gasteiger partial charge < -0.3 is 14.6 Å². The molecule has 1 aromatic heterocycles. The van der Waals surface area contributed by atoms with Crippen LogP contribution in [0.2, 0.25) is 0 Å². The second-order valence-corrected chi connectivity index (χ2v) is 5.69. The van der Waals surface area contributed by atoms with Crippen molar-refractivity contribution in [2.24, 2.45) is 0 Å². The Labute approximate surface area is 142 Å². The molecule has 1 aromatic carbocycles. The minimum absolute atomic E-state index is 0.261.